The minimum absolute atomic E-state index is 0.262. The van der Waals surface area contributed by atoms with Gasteiger partial charge in [0.05, 0.1) is 16.9 Å². The number of nitro groups is 1. The van der Waals surface area contributed by atoms with Gasteiger partial charge in [-0.2, -0.15) is 0 Å². The van der Waals surface area contributed by atoms with E-state index in [0.29, 0.717) is 5.75 Å². The molecular weight excluding hydrogens is 338 g/mol. The number of sulfonamides is 1. The standard InChI is InChI=1S/C13H11N5O5S/c1-23-10-4-2-9(3-5-10)16-24(21,22)11-6-7-12(15-17-14)13(8-11)18(19)20/h2-8,16H,1H3. The highest BCUT2D eigenvalue weighted by molar-refractivity contribution is 7.92. The van der Waals surface area contributed by atoms with Gasteiger partial charge in [0.1, 0.15) is 11.4 Å². The summed E-state index contributed by atoms with van der Waals surface area (Å²) in [5, 5.41) is 14.2. The van der Waals surface area contributed by atoms with E-state index in [0.717, 1.165) is 18.2 Å². The lowest BCUT2D eigenvalue weighted by Crippen LogP contribution is -2.13. The Morgan fingerprint density at radius 3 is 2.46 bits per heavy atom. The molecule has 0 heterocycles. The normalized spacial score (nSPS) is 10.5. The van der Waals surface area contributed by atoms with Crippen LogP contribution in [-0.4, -0.2) is 20.5 Å². The lowest BCUT2D eigenvalue weighted by Gasteiger charge is -2.09. The Bertz CT molecular complexity index is 920. The Labute approximate surface area is 136 Å². The van der Waals surface area contributed by atoms with Gasteiger partial charge < -0.3 is 4.74 Å². The minimum atomic E-state index is -4.05. The largest absolute Gasteiger partial charge is 0.497 e. The lowest BCUT2D eigenvalue weighted by atomic mass is 10.3. The van der Waals surface area contributed by atoms with Gasteiger partial charge in [-0.3, -0.25) is 14.8 Å². The SMILES string of the molecule is COc1ccc(NS(=O)(=O)c2ccc(N=[N+]=[N-])c([N+](=O)[O-])c2)cc1. The number of nitrogens with one attached hydrogen (secondary N) is 1. The maximum Gasteiger partial charge on any atom is 0.280 e. The van der Waals surface area contributed by atoms with Gasteiger partial charge in [-0.05, 0) is 41.9 Å². The van der Waals surface area contributed by atoms with E-state index in [-0.39, 0.29) is 16.3 Å². The fourth-order valence-electron chi connectivity index (χ4n) is 1.82. The number of ether oxygens (including phenoxy) is 1. The average molecular weight is 349 g/mol. The minimum Gasteiger partial charge on any atom is -0.497 e. The summed E-state index contributed by atoms with van der Waals surface area (Å²) >= 11 is 0. The number of rotatable bonds is 6. The summed E-state index contributed by atoms with van der Waals surface area (Å²) in [6.45, 7) is 0. The van der Waals surface area contributed by atoms with Gasteiger partial charge in [-0.25, -0.2) is 8.42 Å². The predicted molar refractivity (Wildman–Crippen MR) is 85.7 cm³/mol. The molecule has 0 fully saturated rings. The van der Waals surface area contributed by atoms with Gasteiger partial charge >= 0.3 is 0 Å². The number of anilines is 1. The van der Waals surface area contributed by atoms with Crippen LogP contribution in [0.5, 0.6) is 5.75 Å². The zero-order valence-corrected chi connectivity index (χ0v) is 13.1. The van der Waals surface area contributed by atoms with Crippen LogP contribution < -0.4 is 9.46 Å². The van der Waals surface area contributed by atoms with E-state index in [9.17, 15) is 18.5 Å². The molecule has 0 unspecified atom stereocenters. The molecule has 0 saturated heterocycles. The molecule has 0 atom stereocenters. The molecule has 11 heteroatoms. The first-order valence-electron chi connectivity index (χ1n) is 6.38. The number of nitro benzene ring substituents is 1. The van der Waals surface area contributed by atoms with Crippen molar-refractivity contribution in [1.29, 1.82) is 0 Å². The van der Waals surface area contributed by atoms with Crippen LogP contribution in [0.3, 0.4) is 0 Å². The first-order chi connectivity index (χ1) is 11.4. The van der Waals surface area contributed by atoms with Gasteiger partial charge in [0.25, 0.3) is 15.7 Å². The fourth-order valence-corrected chi connectivity index (χ4v) is 2.90. The molecular formula is C13H11N5O5S. The highest BCUT2D eigenvalue weighted by Gasteiger charge is 2.21. The van der Waals surface area contributed by atoms with Crippen molar-refractivity contribution in [2.45, 2.75) is 4.90 Å². The second-order valence-electron chi connectivity index (χ2n) is 4.43. The van der Waals surface area contributed by atoms with Crippen molar-refractivity contribution in [3.63, 3.8) is 0 Å². The summed E-state index contributed by atoms with van der Waals surface area (Å²) in [5.74, 6) is 0.548. The van der Waals surface area contributed by atoms with Crippen LogP contribution in [0.25, 0.3) is 10.4 Å². The molecule has 24 heavy (non-hydrogen) atoms. The Morgan fingerprint density at radius 1 is 1.25 bits per heavy atom. The first-order valence-corrected chi connectivity index (χ1v) is 7.86. The van der Waals surface area contributed by atoms with Gasteiger partial charge in [0, 0.05) is 16.7 Å². The summed E-state index contributed by atoms with van der Waals surface area (Å²) in [6.07, 6.45) is 0. The summed E-state index contributed by atoms with van der Waals surface area (Å²) in [5.41, 5.74) is 7.77. The molecule has 2 aromatic carbocycles. The molecule has 0 spiro atoms. The maximum absolute atomic E-state index is 12.3. The first kappa shape index (κ1) is 17.1. The smallest absolute Gasteiger partial charge is 0.280 e. The predicted octanol–water partition coefficient (Wildman–Crippen LogP) is 3.35. The molecule has 1 N–H and O–H groups in total. The molecule has 0 aliphatic carbocycles. The number of hydrogen-bond donors (Lipinski definition) is 1. The lowest BCUT2D eigenvalue weighted by molar-refractivity contribution is -0.384. The van der Waals surface area contributed by atoms with Crippen molar-refractivity contribution >= 4 is 27.1 Å². The number of benzene rings is 2. The van der Waals surface area contributed by atoms with Gasteiger partial charge in [0.15, 0.2) is 0 Å². The van der Waals surface area contributed by atoms with Crippen LogP contribution in [0, 0.1) is 10.1 Å². The highest BCUT2D eigenvalue weighted by atomic mass is 32.2. The van der Waals surface area contributed by atoms with Gasteiger partial charge in [-0.1, -0.05) is 5.11 Å². The van der Waals surface area contributed by atoms with Gasteiger partial charge in [-0.15, -0.1) is 0 Å². The molecule has 0 bridgehead atoms. The van der Waals surface area contributed by atoms with Crippen LogP contribution in [-0.2, 0) is 10.0 Å². The molecule has 10 nitrogen and oxygen atoms in total. The van der Waals surface area contributed by atoms with Crippen LogP contribution in [0.2, 0.25) is 0 Å². The summed E-state index contributed by atoms with van der Waals surface area (Å²) in [7, 11) is -2.57. The molecule has 0 aliphatic heterocycles. The molecule has 0 saturated carbocycles. The Kier molecular flexibility index (Phi) is 4.87. The topological polar surface area (TPSA) is 147 Å². The maximum atomic E-state index is 12.3. The zero-order chi connectivity index (χ0) is 17.7. The van der Waals surface area contributed by atoms with E-state index in [1.54, 1.807) is 12.1 Å². The van der Waals surface area contributed by atoms with E-state index >= 15 is 0 Å². The van der Waals surface area contributed by atoms with Crippen molar-refractivity contribution in [3.05, 3.63) is 63.0 Å². The zero-order valence-electron chi connectivity index (χ0n) is 12.3. The third-order valence-corrected chi connectivity index (χ3v) is 4.33. The van der Waals surface area contributed by atoms with Crippen molar-refractivity contribution in [2.75, 3.05) is 11.8 Å². The molecule has 2 aromatic rings. The molecule has 0 amide bonds. The number of methoxy groups -OCH3 is 1. The van der Waals surface area contributed by atoms with Crippen LogP contribution >= 0.6 is 0 Å². The Hall–Kier alpha value is -3.30. The number of azide groups is 1. The van der Waals surface area contributed by atoms with E-state index in [1.807, 2.05) is 0 Å². The third kappa shape index (κ3) is 3.72. The summed E-state index contributed by atoms with van der Waals surface area (Å²) < 4.78 is 31.9. The monoisotopic (exact) mass is 349 g/mol. The molecule has 0 radical (unpaired) electrons. The Morgan fingerprint density at radius 2 is 1.92 bits per heavy atom. The highest BCUT2D eigenvalue weighted by Crippen LogP contribution is 2.31. The van der Waals surface area contributed by atoms with E-state index in [2.05, 4.69) is 14.7 Å². The summed E-state index contributed by atoms with van der Waals surface area (Å²) in [6, 6.07) is 9.10. The van der Waals surface area contributed by atoms with Crippen LogP contribution in [0.4, 0.5) is 17.1 Å². The average Bonchev–Trinajstić information content (AvgIpc) is 2.55. The quantitative estimate of drug-likeness (QED) is 0.279. The van der Waals surface area contributed by atoms with Crippen LogP contribution in [0.15, 0.2) is 52.5 Å². The van der Waals surface area contributed by atoms with Crippen molar-refractivity contribution < 1.29 is 18.1 Å². The number of nitrogens with zero attached hydrogens (tertiary/aromatic N) is 4. The third-order valence-electron chi connectivity index (χ3n) is 2.95. The summed E-state index contributed by atoms with van der Waals surface area (Å²) in [4.78, 5) is 12.3. The van der Waals surface area contributed by atoms with Crippen molar-refractivity contribution in [2.24, 2.45) is 5.11 Å². The fraction of sp³-hybridized carbons (Fsp3) is 0.0769. The van der Waals surface area contributed by atoms with Crippen molar-refractivity contribution in [1.82, 2.24) is 0 Å². The van der Waals surface area contributed by atoms with E-state index in [4.69, 9.17) is 10.3 Å². The Balaban J connectivity index is 2.39. The molecule has 2 rings (SSSR count). The molecule has 0 aliphatic rings. The van der Waals surface area contributed by atoms with E-state index in [1.165, 1.54) is 19.2 Å². The van der Waals surface area contributed by atoms with Crippen molar-refractivity contribution in [3.8, 4) is 5.75 Å². The van der Waals surface area contributed by atoms with Crippen LogP contribution in [0.1, 0.15) is 0 Å². The second kappa shape index (κ2) is 6.86. The second-order valence-corrected chi connectivity index (χ2v) is 6.11. The van der Waals surface area contributed by atoms with Gasteiger partial charge in [0.2, 0.25) is 0 Å². The molecule has 124 valence electrons. The molecule has 0 aromatic heterocycles. The number of hydrogen-bond acceptors (Lipinski definition) is 6. The van der Waals surface area contributed by atoms with E-state index < -0.39 is 20.6 Å².